The molecule has 5 nitrogen and oxygen atoms in total. The van der Waals surface area contributed by atoms with Gasteiger partial charge in [0.25, 0.3) is 0 Å². The largest absolute Gasteiger partial charge is 0.383 e. The second kappa shape index (κ2) is 5.67. The average molecular weight is 317 g/mol. The predicted octanol–water partition coefficient (Wildman–Crippen LogP) is 1.71. The van der Waals surface area contributed by atoms with E-state index in [1.54, 1.807) is 4.68 Å². The first kappa shape index (κ1) is 14.0. The van der Waals surface area contributed by atoms with E-state index in [9.17, 15) is 5.11 Å². The predicted molar refractivity (Wildman–Crippen MR) is 73.1 cm³/mol. The SMILES string of the molecule is CCCNC1CCC(O)(c2c(Br)nnn2C)CC1. The standard InChI is InChI=1S/C12H21BrN4O/c1-3-8-14-9-4-6-12(18,7-5-9)10-11(13)15-16-17(10)2/h9,14,18H,3-8H2,1-2H3. The van der Waals surface area contributed by atoms with E-state index in [-0.39, 0.29) is 0 Å². The molecule has 0 amide bonds. The maximum atomic E-state index is 10.8. The second-order valence-electron chi connectivity index (χ2n) is 5.11. The number of hydrogen-bond donors (Lipinski definition) is 2. The molecule has 1 saturated carbocycles. The van der Waals surface area contributed by atoms with Crippen LogP contribution in [0.5, 0.6) is 0 Å². The van der Waals surface area contributed by atoms with Crippen LogP contribution >= 0.6 is 15.9 Å². The van der Waals surface area contributed by atoms with Crippen molar-refractivity contribution in [1.82, 2.24) is 20.3 Å². The highest BCUT2D eigenvalue weighted by Gasteiger charge is 2.39. The van der Waals surface area contributed by atoms with E-state index in [0.717, 1.165) is 44.3 Å². The van der Waals surface area contributed by atoms with Gasteiger partial charge in [-0.1, -0.05) is 12.1 Å². The zero-order valence-corrected chi connectivity index (χ0v) is 12.6. The van der Waals surface area contributed by atoms with E-state index in [1.165, 1.54) is 0 Å². The Bertz CT molecular complexity index is 379. The van der Waals surface area contributed by atoms with Crippen molar-refractivity contribution in [2.24, 2.45) is 7.05 Å². The van der Waals surface area contributed by atoms with E-state index in [4.69, 9.17) is 0 Å². The fourth-order valence-corrected chi connectivity index (χ4v) is 3.41. The topological polar surface area (TPSA) is 63.0 Å². The Labute approximate surface area is 116 Å². The average Bonchev–Trinajstić information content (AvgIpc) is 2.69. The maximum Gasteiger partial charge on any atom is 0.154 e. The summed E-state index contributed by atoms with van der Waals surface area (Å²) in [5, 5.41) is 22.2. The van der Waals surface area contributed by atoms with Gasteiger partial charge < -0.3 is 10.4 Å². The normalized spacial score (nSPS) is 28.6. The third-order valence-corrected chi connectivity index (χ3v) is 4.26. The summed E-state index contributed by atoms with van der Waals surface area (Å²) in [6.07, 6.45) is 4.66. The fourth-order valence-electron chi connectivity index (χ4n) is 2.71. The van der Waals surface area contributed by atoms with Crippen LogP contribution in [0.1, 0.15) is 44.7 Å². The highest BCUT2D eigenvalue weighted by molar-refractivity contribution is 9.10. The van der Waals surface area contributed by atoms with Gasteiger partial charge >= 0.3 is 0 Å². The van der Waals surface area contributed by atoms with Crippen LogP contribution in [0.2, 0.25) is 0 Å². The molecule has 18 heavy (non-hydrogen) atoms. The molecule has 2 rings (SSSR count). The van der Waals surface area contributed by atoms with Crippen molar-refractivity contribution in [2.45, 2.75) is 50.7 Å². The lowest BCUT2D eigenvalue weighted by atomic mass is 9.80. The summed E-state index contributed by atoms with van der Waals surface area (Å²) in [7, 11) is 1.83. The minimum absolute atomic E-state index is 0.533. The van der Waals surface area contributed by atoms with Crippen LogP contribution in [-0.2, 0) is 12.6 Å². The van der Waals surface area contributed by atoms with Crippen LogP contribution in [-0.4, -0.2) is 32.7 Å². The zero-order valence-electron chi connectivity index (χ0n) is 11.0. The summed E-state index contributed by atoms with van der Waals surface area (Å²) in [5.74, 6) is 0. The van der Waals surface area contributed by atoms with E-state index in [0.29, 0.717) is 10.6 Å². The molecule has 1 aliphatic rings. The van der Waals surface area contributed by atoms with Crippen molar-refractivity contribution in [3.8, 4) is 0 Å². The molecule has 102 valence electrons. The minimum Gasteiger partial charge on any atom is -0.383 e. The molecule has 1 fully saturated rings. The van der Waals surface area contributed by atoms with Crippen molar-refractivity contribution in [2.75, 3.05) is 6.54 Å². The van der Waals surface area contributed by atoms with Crippen LogP contribution in [0.25, 0.3) is 0 Å². The summed E-state index contributed by atoms with van der Waals surface area (Å²) in [6, 6.07) is 0.533. The van der Waals surface area contributed by atoms with Gasteiger partial charge in [-0.3, -0.25) is 0 Å². The third kappa shape index (κ3) is 2.75. The first-order valence-corrected chi connectivity index (χ1v) is 7.37. The summed E-state index contributed by atoms with van der Waals surface area (Å²) in [6.45, 7) is 3.23. The number of aliphatic hydroxyl groups is 1. The molecule has 1 aliphatic carbocycles. The molecule has 0 bridgehead atoms. The number of nitrogens with zero attached hydrogens (tertiary/aromatic N) is 3. The first-order chi connectivity index (χ1) is 8.57. The molecule has 0 atom stereocenters. The Hall–Kier alpha value is -0.460. The van der Waals surface area contributed by atoms with Crippen molar-refractivity contribution in [3.63, 3.8) is 0 Å². The van der Waals surface area contributed by atoms with Crippen molar-refractivity contribution in [1.29, 1.82) is 0 Å². The summed E-state index contributed by atoms with van der Waals surface area (Å²) in [4.78, 5) is 0. The third-order valence-electron chi connectivity index (χ3n) is 3.72. The Balaban J connectivity index is 2.03. The monoisotopic (exact) mass is 316 g/mol. The Kier molecular flexibility index (Phi) is 4.40. The van der Waals surface area contributed by atoms with Gasteiger partial charge in [-0.05, 0) is 54.6 Å². The van der Waals surface area contributed by atoms with Gasteiger partial charge in [0.1, 0.15) is 11.3 Å². The van der Waals surface area contributed by atoms with E-state index in [2.05, 4.69) is 38.5 Å². The highest BCUT2D eigenvalue weighted by atomic mass is 79.9. The van der Waals surface area contributed by atoms with Gasteiger partial charge in [-0.2, -0.15) is 0 Å². The van der Waals surface area contributed by atoms with Gasteiger partial charge in [0.15, 0.2) is 4.60 Å². The van der Waals surface area contributed by atoms with Crippen LogP contribution in [0, 0.1) is 0 Å². The fraction of sp³-hybridized carbons (Fsp3) is 0.833. The molecule has 0 saturated heterocycles. The summed E-state index contributed by atoms with van der Waals surface area (Å²) in [5.41, 5.74) is 0.0121. The zero-order chi connectivity index (χ0) is 13.2. The number of aromatic nitrogens is 3. The minimum atomic E-state index is -0.790. The van der Waals surface area contributed by atoms with Crippen molar-refractivity contribution >= 4 is 15.9 Å². The van der Waals surface area contributed by atoms with Crippen molar-refractivity contribution < 1.29 is 5.11 Å². The van der Waals surface area contributed by atoms with E-state index in [1.807, 2.05) is 7.05 Å². The van der Waals surface area contributed by atoms with Gasteiger partial charge in [0, 0.05) is 13.1 Å². The number of rotatable bonds is 4. The van der Waals surface area contributed by atoms with Crippen LogP contribution in [0.4, 0.5) is 0 Å². The van der Waals surface area contributed by atoms with Crippen LogP contribution in [0.3, 0.4) is 0 Å². The van der Waals surface area contributed by atoms with Crippen molar-refractivity contribution in [3.05, 3.63) is 10.3 Å². The molecule has 0 spiro atoms. The summed E-state index contributed by atoms with van der Waals surface area (Å²) < 4.78 is 2.33. The smallest absolute Gasteiger partial charge is 0.154 e. The van der Waals surface area contributed by atoms with Gasteiger partial charge in [0.05, 0.1) is 0 Å². The van der Waals surface area contributed by atoms with Crippen LogP contribution < -0.4 is 5.32 Å². The second-order valence-corrected chi connectivity index (χ2v) is 5.86. The molecule has 1 aromatic rings. The number of halogens is 1. The maximum absolute atomic E-state index is 10.8. The first-order valence-electron chi connectivity index (χ1n) is 6.58. The van der Waals surface area contributed by atoms with Gasteiger partial charge in [-0.25, -0.2) is 4.68 Å². The Morgan fingerprint density at radius 1 is 1.50 bits per heavy atom. The Morgan fingerprint density at radius 3 is 2.67 bits per heavy atom. The lowest BCUT2D eigenvalue weighted by Gasteiger charge is -2.36. The quantitative estimate of drug-likeness (QED) is 0.887. The molecule has 0 unspecified atom stereocenters. The van der Waals surface area contributed by atoms with Crippen LogP contribution in [0.15, 0.2) is 4.60 Å². The molecule has 1 heterocycles. The molecule has 0 aromatic carbocycles. The number of hydrogen-bond acceptors (Lipinski definition) is 4. The molecular weight excluding hydrogens is 296 g/mol. The Morgan fingerprint density at radius 2 is 2.17 bits per heavy atom. The van der Waals surface area contributed by atoms with E-state index < -0.39 is 5.60 Å². The lowest BCUT2D eigenvalue weighted by molar-refractivity contribution is -0.0159. The summed E-state index contributed by atoms with van der Waals surface area (Å²) >= 11 is 3.37. The number of nitrogens with one attached hydrogen (secondary N) is 1. The van der Waals surface area contributed by atoms with Gasteiger partial charge in [0.2, 0.25) is 0 Å². The van der Waals surface area contributed by atoms with E-state index >= 15 is 0 Å². The van der Waals surface area contributed by atoms with Gasteiger partial charge in [-0.15, -0.1) is 5.10 Å². The molecule has 2 N–H and O–H groups in total. The molecular formula is C12H21BrN4O. The molecule has 1 aromatic heterocycles. The lowest BCUT2D eigenvalue weighted by Crippen LogP contribution is -2.41. The molecule has 0 aliphatic heterocycles. The molecule has 6 heteroatoms. The number of aryl methyl sites for hydroxylation is 1. The highest BCUT2D eigenvalue weighted by Crippen LogP contribution is 2.39. The molecule has 0 radical (unpaired) electrons.